The summed E-state index contributed by atoms with van der Waals surface area (Å²) in [7, 11) is -3.62. The molecule has 0 unspecified atom stereocenters. The van der Waals surface area contributed by atoms with Crippen LogP contribution in [0.3, 0.4) is 0 Å². The summed E-state index contributed by atoms with van der Waals surface area (Å²) in [6.45, 7) is 1.51. The molecular formula is C24H30N4O6S. The molecule has 0 spiro atoms. The Balaban J connectivity index is 1.60. The van der Waals surface area contributed by atoms with E-state index in [9.17, 15) is 27.9 Å². The Kier molecular flexibility index (Phi) is 7.36. The molecule has 10 nitrogen and oxygen atoms in total. The lowest BCUT2D eigenvalue weighted by molar-refractivity contribution is -0.157. The van der Waals surface area contributed by atoms with Gasteiger partial charge in [-0.1, -0.05) is 44.0 Å². The summed E-state index contributed by atoms with van der Waals surface area (Å²) in [5.41, 5.74) is 0.194. The molecular weight excluding hydrogens is 472 g/mol. The van der Waals surface area contributed by atoms with Gasteiger partial charge in [0.2, 0.25) is 15.9 Å². The second-order valence-electron chi connectivity index (χ2n) is 9.08. The van der Waals surface area contributed by atoms with Crippen molar-refractivity contribution in [2.75, 3.05) is 18.8 Å². The molecule has 0 radical (unpaired) electrons. The average Bonchev–Trinajstić information content (AvgIpc) is 2.83. The summed E-state index contributed by atoms with van der Waals surface area (Å²) < 4.78 is 26.6. The van der Waals surface area contributed by atoms with Gasteiger partial charge >= 0.3 is 5.97 Å². The van der Waals surface area contributed by atoms with Crippen LogP contribution in [0.25, 0.3) is 10.8 Å². The molecule has 3 heterocycles. The maximum absolute atomic E-state index is 13.6. The number of hydrogen-bond acceptors (Lipinski definition) is 6. The minimum absolute atomic E-state index is 0.0589. The molecule has 188 valence electrons. The summed E-state index contributed by atoms with van der Waals surface area (Å²) in [4.78, 5) is 44.4. The Morgan fingerprint density at radius 2 is 1.89 bits per heavy atom. The molecule has 11 heteroatoms. The van der Waals surface area contributed by atoms with Crippen LogP contribution in [0.15, 0.2) is 36.5 Å². The van der Waals surface area contributed by atoms with Gasteiger partial charge in [0.15, 0.2) is 0 Å². The number of carbonyl (C=O) groups excluding carboxylic acids is 2. The third-order valence-corrected chi connectivity index (χ3v) is 8.70. The van der Waals surface area contributed by atoms with E-state index in [1.54, 1.807) is 25.1 Å². The van der Waals surface area contributed by atoms with Crippen LogP contribution in [0, 0.1) is 0 Å². The number of aliphatic carboxylic acids is 1. The van der Waals surface area contributed by atoms with E-state index in [1.165, 1.54) is 15.4 Å². The normalized spacial score (nSPS) is 23.9. The number of pyridine rings is 1. The fourth-order valence-corrected chi connectivity index (χ4v) is 6.54. The number of benzene rings is 1. The third-order valence-electron chi connectivity index (χ3n) is 6.69. The van der Waals surface area contributed by atoms with Crippen LogP contribution < -0.4 is 5.32 Å². The lowest BCUT2D eigenvalue weighted by atomic mass is 9.94. The van der Waals surface area contributed by atoms with E-state index in [0.717, 1.165) is 5.39 Å². The summed E-state index contributed by atoms with van der Waals surface area (Å²) in [5.74, 6) is -2.34. The lowest BCUT2D eigenvalue weighted by Crippen LogP contribution is -2.67. The van der Waals surface area contributed by atoms with Gasteiger partial charge in [-0.3, -0.25) is 14.6 Å². The van der Waals surface area contributed by atoms with Crippen molar-refractivity contribution in [2.45, 2.75) is 57.2 Å². The van der Waals surface area contributed by atoms with Crippen LogP contribution in [0.4, 0.5) is 0 Å². The average molecular weight is 503 g/mol. The van der Waals surface area contributed by atoms with Crippen molar-refractivity contribution in [3.8, 4) is 0 Å². The molecule has 0 aliphatic carbocycles. The number of rotatable bonds is 6. The molecule has 0 saturated carbocycles. The van der Waals surface area contributed by atoms with Crippen molar-refractivity contribution < 1.29 is 27.9 Å². The van der Waals surface area contributed by atoms with Gasteiger partial charge in [0.05, 0.1) is 5.75 Å². The first-order chi connectivity index (χ1) is 16.7. The van der Waals surface area contributed by atoms with Crippen LogP contribution in [0.2, 0.25) is 0 Å². The predicted molar refractivity (Wildman–Crippen MR) is 129 cm³/mol. The number of nitrogens with one attached hydrogen (secondary N) is 1. The van der Waals surface area contributed by atoms with E-state index in [1.807, 2.05) is 12.1 Å². The molecule has 2 fully saturated rings. The molecule has 0 bridgehead atoms. The summed E-state index contributed by atoms with van der Waals surface area (Å²) in [5, 5.41) is 14.2. The van der Waals surface area contributed by atoms with Gasteiger partial charge < -0.3 is 15.3 Å². The van der Waals surface area contributed by atoms with Crippen molar-refractivity contribution in [1.82, 2.24) is 19.5 Å². The maximum Gasteiger partial charge on any atom is 0.327 e. The molecule has 1 aromatic carbocycles. The van der Waals surface area contributed by atoms with Gasteiger partial charge in [-0.05, 0) is 30.7 Å². The number of sulfonamides is 1. The highest BCUT2D eigenvalue weighted by Gasteiger charge is 2.46. The quantitative estimate of drug-likeness (QED) is 0.612. The Hall–Kier alpha value is -3.05. The van der Waals surface area contributed by atoms with Crippen LogP contribution >= 0.6 is 0 Å². The van der Waals surface area contributed by atoms with Crippen molar-refractivity contribution in [3.63, 3.8) is 0 Å². The van der Waals surface area contributed by atoms with E-state index in [-0.39, 0.29) is 24.5 Å². The topological polar surface area (TPSA) is 137 Å². The van der Waals surface area contributed by atoms with E-state index in [0.29, 0.717) is 37.5 Å². The number of hydrogen-bond donors (Lipinski definition) is 2. The molecule has 2 N–H and O–H groups in total. The molecule has 2 amide bonds. The SMILES string of the molecule is CCCS(=O)(=O)N1C[C@@H]2CCCC[C@H](NC(=O)c3nccc4ccccc34)C(=O)N2[C@H](C(=O)O)C1. The Morgan fingerprint density at radius 1 is 1.14 bits per heavy atom. The lowest BCUT2D eigenvalue weighted by Gasteiger charge is -2.46. The van der Waals surface area contributed by atoms with Crippen molar-refractivity contribution in [3.05, 3.63) is 42.2 Å². The number of carboxylic acids is 1. The Bertz CT molecular complexity index is 1230. The van der Waals surface area contributed by atoms with Crippen LogP contribution in [-0.4, -0.2) is 82.5 Å². The highest BCUT2D eigenvalue weighted by Crippen LogP contribution is 2.27. The zero-order valence-electron chi connectivity index (χ0n) is 19.6. The maximum atomic E-state index is 13.6. The molecule has 2 aliphatic heterocycles. The molecule has 1 aromatic heterocycles. The first-order valence-electron chi connectivity index (χ1n) is 11.9. The zero-order valence-corrected chi connectivity index (χ0v) is 20.4. The fourth-order valence-electron chi connectivity index (χ4n) is 5.00. The van der Waals surface area contributed by atoms with Crippen LogP contribution in [0.1, 0.15) is 49.5 Å². The van der Waals surface area contributed by atoms with Gasteiger partial charge in [-0.2, -0.15) is 4.31 Å². The van der Waals surface area contributed by atoms with Gasteiger partial charge in [0.25, 0.3) is 5.91 Å². The minimum atomic E-state index is -3.62. The minimum Gasteiger partial charge on any atom is -0.480 e. The summed E-state index contributed by atoms with van der Waals surface area (Å²) in [6.07, 6.45) is 4.14. The third kappa shape index (κ3) is 5.15. The number of carbonyl (C=O) groups is 3. The van der Waals surface area contributed by atoms with E-state index in [2.05, 4.69) is 10.3 Å². The zero-order chi connectivity index (χ0) is 25.2. The van der Waals surface area contributed by atoms with Gasteiger partial charge in [-0.25, -0.2) is 13.2 Å². The number of carboxylic acid groups (broad SMARTS) is 1. The summed E-state index contributed by atoms with van der Waals surface area (Å²) >= 11 is 0. The van der Waals surface area contributed by atoms with Crippen molar-refractivity contribution in [1.29, 1.82) is 0 Å². The van der Waals surface area contributed by atoms with Crippen molar-refractivity contribution in [2.24, 2.45) is 0 Å². The Morgan fingerprint density at radius 3 is 2.63 bits per heavy atom. The largest absolute Gasteiger partial charge is 0.480 e. The predicted octanol–water partition coefficient (Wildman–Crippen LogP) is 1.61. The van der Waals surface area contributed by atoms with E-state index >= 15 is 0 Å². The van der Waals surface area contributed by atoms with Crippen LogP contribution in [-0.2, 0) is 19.6 Å². The van der Waals surface area contributed by atoms with E-state index < -0.39 is 45.9 Å². The first-order valence-corrected chi connectivity index (χ1v) is 13.5. The number of piperazine rings is 1. The molecule has 4 rings (SSSR count). The number of fused-ring (bicyclic) bond motifs is 2. The number of nitrogens with zero attached hydrogens (tertiary/aromatic N) is 3. The van der Waals surface area contributed by atoms with Crippen LogP contribution in [0.5, 0.6) is 0 Å². The Labute approximate surface area is 204 Å². The molecule has 3 atom stereocenters. The van der Waals surface area contributed by atoms with Crippen molar-refractivity contribution >= 4 is 38.6 Å². The number of aromatic nitrogens is 1. The van der Waals surface area contributed by atoms with E-state index in [4.69, 9.17) is 0 Å². The fraction of sp³-hybridized carbons (Fsp3) is 0.500. The van der Waals surface area contributed by atoms with Gasteiger partial charge in [-0.15, -0.1) is 0 Å². The first kappa shape index (κ1) is 25.1. The highest BCUT2D eigenvalue weighted by molar-refractivity contribution is 7.89. The molecule has 35 heavy (non-hydrogen) atoms. The second-order valence-corrected chi connectivity index (χ2v) is 11.2. The van der Waals surface area contributed by atoms with Gasteiger partial charge in [0.1, 0.15) is 17.8 Å². The molecule has 2 aliphatic rings. The monoisotopic (exact) mass is 502 g/mol. The number of amides is 2. The molecule has 2 aromatic rings. The highest BCUT2D eigenvalue weighted by atomic mass is 32.2. The standard InChI is InChI=1S/C24H30N4O6S/c1-2-13-35(33,34)27-14-17-8-4-6-10-19(23(30)28(17)20(15-27)24(31)32)26-22(29)21-18-9-5-3-7-16(18)11-12-25-21/h3,5,7,9,11-12,17,19-20H,2,4,6,8,10,13-15H2,1H3,(H,26,29)(H,31,32)/t17-,19-,20-/m0/s1. The smallest absolute Gasteiger partial charge is 0.327 e. The second kappa shape index (κ2) is 10.3. The summed E-state index contributed by atoms with van der Waals surface area (Å²) in [6, 6.07) is 6.28. The van der Waals surface area contributed by atoms with Gasteiger partial charge in [0, 0.05) is 30.7 Å². The molecule has 2 saturated heterocycles.